The molecule has 4 rings (SSSR count). The SMILES string of the molecule is O=C(c1cccs1)N1CCN(C(=O)C2CC(c3cccnc3)NN2)CC1. The van der Waals surface area contributed by atoms with Gasteiger partial charge in [-0.1, -0.05) is 12.1 Å². The molecule has 0 aliphatic carbocycles. The van der Waals surface area contributed by atoms with Crippen molar-refractivity contribution < 1.29 is 9.59 Å². The summed E-state index contributed by atoms with van der Waals surface area (Å²) in [5.41, 5.74) is 7.37. The summed E-state index contributed by atoms with van der Waals surface area (Å²) in [6, 6.07) is 7.47. The van der Waals surface area contributed by atoms with Crippen LogP contribution in [0.3, 0.4) is 0 Å². The summed E-state index contributed by atoms with van der Waals surface area (Å²) >= 11 is 1.46. The van der Waals surface area contributed by atoms with E-state index in [2.05, 4.69) is 15.8 Å². The first-order chi connectivity index (χ1) is 12.7. The highest BCUT2D eigenvalue weighted by atomic mass is 32.1. The maximum atomic E-state index is 12.8. The lowest BCUT2D eigenvalue weighted by molar-refractivity contribution is -0.134. The molecule has 8 heteroatoms. The monoisotopic (exact) mass is 371 g/mol. The second kappa shape index (κ2) is 7.53. The van der Waals surface area contributed by atoms with Crippen LogP contribution in [0, 0.1) is 0 Å². The third-order valence-electron chi connectivity index (χ3n) is 4.90. The molecule has 2 saturated heterocycles. The molecule has 2 aromatic rings. The Morgan fingerprint density at radius 2 is 1.88 bits per heavy atom. The Morgan fingerprint density at radius 1 is 1.08 bits per heavy atom. The number of carbonyl (C=O) groups is 2. The van der Waals surface area contributed by atoms with E-state index in [1.807, 2.05) is 45.6 Å². The molecular weight excluding hydrogens is 350 g/mol. The Labute approximate surface area is 156 Å². The fraction of sp³-hybridized carbons (Fsp3) is 0.389. The number of thiophene rings is 1. The van der Waals surface area contributed by atoms with Crippen LogP contribution in [-0.2, 0) is 4.79 Å². The van der Waals surface area contributed by atoms with Crippen molar-refractivity contribution in [2.75, 3.05) is 26.2 Å². The summed E-state index contributed by atoms with van der Waals surface area (Å²) in [7, 11) is 0. The molecule has 2 N–H and O–H groups in total. The molecule has 0 radical (unpaired) electrons. The van der Waals surface area contributed by atoms with Gasteiger partial charge in [0.05, 0.1) is 4.88 Å². The van der Waals surface area contributed by atoms with Crippen LogP contribution in [0.1, 0.15) is 27.7 Å². The molecule has 2 amide bonds. The van der Waals surface area contributed by atoms with Gasteiger partial charge in [0.1, 0.15) is 6.04 Å². The highest BCUT2D eigenvalue weighted by Crippen LogP contribution is 2.23. The average molecular weight is 371 g/mol. The van der Waals surface area contributed by atoms with Crippen molar-refractivity contribution in [2.24, 2.45) is 0 Å². The van der Waals surface area contributed by atoms with Crippen LogP contribution < -0.4 is 10.9 Å². The number of hydrogen-bond acceptors (Lipinski definition) is 6. The van der Waals surface area contributed by atoms with Crippen LogP contribution in [0.15, 0.2) is 42.0 Å². The molecule has 2 fully saturated rings. The molecule has 7 nitrogen and oxygen atoms in total. The average Bonchev–Trinajstić information content (AvgIpc) is 3.40. The Balaban J connectivity index is 1.31. The molecule has 2 aliphatic rings. The quantitative estimate of drug-likeness (QED) is 0.843. The Bertz CT molecular complexity index is 759. The van der Waals surface area contributed by atoms with Crippen LogP contribution >= 0.6 is 11.3 Å². The zero-order valence-electron chi connectivity index (χ0n) is 14.3. The molecule has 2 aromatic heterocycles. The molecule has 26 heavy (non-hydrogen) atoms. The van der Waals surface area contributed by atoms with Crippen LogP contribution in [0.4, 0.5) is 0 Å². The summed E-state index contributed by atoms with van der Waals surface area (Å²) < 4.78 is 0. The minimum absolute atomic E-state index is 0.0596. The van der Waals surface area contributed by atoms with Crippen LogP contribution in [-0.4, -0.2) is 58.8 Å². The lowest BCUT2D eigenvalue weighted by Gasteiger charge is -2.35. The van der Waals surface area contributed by atoms with Crippen LogP contribution in [0.2, 0.25) is 0 Å². The number of hydrazine groups is 1. The summed E-state index contributed by atoms with van der Waals surface area (Å²) in [6.45, 7) is 2.31. The number of hydrogen-bond donors (Lipinski definition) is 2. The van der Waals surface area contributed by atoms with Crippen molar-refractivity contribution in [3.8, 4) is 0 Å². The number of pyridine rings is 1. The van der Waals surface area contributed by atoms with E-state index in [9.17, 15) is 9.59 Å². The van der Waals surface area contributed by atoms with Gasteiger partial charge in [-0.3, -0.25) is 14.6 Å². The molecule has 0 spiro atoms. The number of carbonyl (C=O) groups excluding carboxylic acids is 2. The van der Waals surface area contributed by atoms with Crippen molar-refractivity contribution >= 4 is 23.2 Å². The summed E-state index contributed by atoms with van der Waals surface area (Å²) in [6.07, 6.45) is 4.26. The van der Waals surface area contributed by atoms with E-state index in [-0.39, 0.29) is 23.9 Å². The Morgan fingerprint density at radius 3 is 2.58 bits per heavy atom. The predicted molar refractivity (Wildman–Crippen MR) is 98.5 cm³/mol. The molecule has 0 aromatic carbocycles. The van der Waals surface area contributed by atoms with Gasteiger partial charge in [0.2, 0.25) is 5.91 Å². The zero-order chi connectivity index (χ0) is 17.9. The van der Waals surface area contributed by atoms with Gasteiger partial charge in [0.15, 0.2) is 0 Å². The van der Waals surface area contributed by atoms with Gasteiger partial charge in [-0.2, -0.15) is 0 Å². The van der Waals surface area contributed by atoms with Gasteiger partial charge >= 0.3 is 0 Å². The standard InChI is InChI=1S/C18H21N5O2S/c24-17(15-11-14(20-21-15)13-3-1-5-19-12-13)22-6-8-23(9-7-22)18(25)16-4-2-10-26-16/h1-5,10,12,14-15,20-21H,6-9,11H2. The van der Waals surface area contributed by atoms with Crippen molar-refractivity contribution in [3.63, 3.8) is 0 Å². The first kappa shape index (κ1) is 17.1. The number of amides is 2. The second-order valence-corrected chi connectivity index (χ2v) is 7.46. The summed E-state index contributed by atoms with van der Waals surface area (Å²) in [5.74, 6) is 0.150. The van der Waals surface area contributed by atoms with E-state index < -0.39 is 0 Å². The number of piperazine rings is 1. The fourth-order valence-corrected chi connectivity index (χ4v) is 4.12. The van der Waals surface area contributed by atoms with Gasteiger partial charge in [-0.05, 0) is 29.5 Å². The third-order valence-corrected chi connectivity index (χ3v) is 5.76. The van der Waals surface area contributed by atoms with Gasteiger partial charge in [-0.15, -0.1) is 11.3 Å². The number of rotatable bonds is 3. The lowest BCUT2D eigenvalue weighted by Crippen LogP contribution is -2.54. The van der Waals surface area contributed by atoms with Crippen molar-refractivity contribution in [1.29, 1.82) is 0 Å². The third kappa shape index (κ3) is 3.48. The zero-order valence-corrected chi connectivity index (χ0v) is 15.1. The molecule has 2 atom stereocenters. The van der Waals surface area contributed by atoms with Crippen LogP contribution in [0.25, 0.3) is 0 Å². The van der Waals surface area contributed by atoms with Gasteiger partial charge < -0.3 is 9.80 Å². The minimum Gasteiger partial charge on any atom is -0.338 e. The number of nitrogens with one attached hydrogen (secondary N) is 2. The van der Waals surface area contributed by atoms with Crippen molar-refractivity contribution in [1.82, 2.24) is 25.6 Å². The molecule has 0 saturated carbocycles. The van der Waals surface area contributed by atoms with Crippen molar-refractivity contribution in [2.45, 2.75) is 18.5 Å². The maximum absolute atomic E-state index is 12.8. The summed E-state index contributed by atoms with van der Waals surface area (Å²) in [5, 5.41) is 1.91. The van der Waals surface area contributed by atoms with Gasteiger partial charge in [0, 0.05) is 44.6 Å². The number of aromatic nitrogens is 1. The van der Waals surface area contributed by atoms with Gasteiger partial charge in [-0.25, -0.2) is 10.9 Å². The van der Waals surface area contributed by atoms with E-state index >= 15 is 0 Å². The van der Waals surface area contributed by atoms with Crippen LogP contribution in [0.5, 0.6) is 0 Å². The normalized spacial score (nSPS) is 23.2. The van der Waals surface area contributed by atoms with Crippen molar-refractivity contribution in [3.05, 3.63) is 52.5 Å². The van der Waals surface area contributed by atoms with E-state index in [1.165, 1.54) is 11.3 Å². The highest BCUT2D eigenvalue weighted by Gasteiger charge is 2.34. The topological polar surface area (TPSA) is 77.6 Å². The van der Waals surface area contributed by atoms with Gasteiger partial charge in [0.25, 0.3) is 5.91 Å². The smallest absolute Gasteiger partial charge is 0.264 e. The molecule has 0 bridgehead atoms. The Kier molecular flexibility index (Phi) is 4.96. The Hall–Kier alpha value is -2.29. The first-order valence-corrected chi connectivity index (χ1v) is 9.63. The van der Waals surface area contributed by atoms with E-state index in [0.717, 1.165) is 10.4 Å². The molecule has 4 heterocycles. The largest absolute Gasteiger partial charge is 0.338 e. The second-order valence-electron chi connectivity index (χ2n) is 6.51. The first-order valence-electron chi connectivity index (χ1n) is 8.75. The van der Waals surface area contributed by atoms with E-state index in [4.69, 9.17) is 0 Å². The maximum Gasteiger partial charge on any atom is 0.264 e. The number of nitrogens with zero attached hydrogens (tertiary/aromatic N) is 3. The van der Waals surface area contributed by atoms with E-state index in [0.29, 0.717) is 32.6 Å². The molecule has 2 aliphatic heterocycles. The van der Waals surface area contributed by atoms with E-state index in [1.54, 1.807) is 6.20 Å². The molecular formula is C18H21N5O2S. The highest BCUT2D eigenvalue weighted by molar-refractivity contribution is 7.12. The predicted octanol–water partition coefficient (Wildman–Crippen LogP) is 1.04. The minimum atomic E-state index is -0.250. The lowest BCUT2D eigenvalue weighted by atomic mass is 10.0. The molecule has 2 unspecified atom stereocenters. The fourth-order valence-electron chi connectivity index (χ4n) is 3.43. The summed E-state index contributed by atoms with van der Waals surface area (Å²) in [4.78, 5) is 33.8. The molecule has 136 valence electrons.